The maximum atomic E-state index is 16.5. The van der Waals surface area contributed by atoms with Crippen molar-refractivity contribution in [3.8, 4) is 23.0 Å². The number of ether oxygens (including phenoxy) is 1. The van der Waals surface area contributed by atoms with Gasteiger partial charge in [-0.05, 0) is 41.7 Å². The van der Waals surface area contributed by atoms with Crippen molar-refractivity contribution >= 4 is 27.5 Å². The number of fused-ring (bicyclic) bond motifs is 4. The molecule has 0 spiro atoms. The molecule has 10 heteroatoms. The summed E-state index contributed by atoms with van der Waals surface area (Å²) in [5, 5.41) is 16.2. The second kappa shape index (κ2) is 10.8. The molecular formula is C32H34FN7O2. The molecule has 2 aliphatic heterocycles. The SMILES string of the molecule is CC(C)Cn1ccnc1CCOc1nc(N2C[C@H]3CC[C@@H](C2)N3)c2cnc(-c3cc(O)cc4ccccc34)c(F)c2n1. The largest absolute Gasteiger partial charge is 0.508 e. The normalized spacial score (nSPS) is 18.4. The molecule has 0 radical (unpaired) electrons. The number of nitrogens with zero attached hydrogens (tertiary/aromatic N) is 6. The second-order valence-corrected chi connectivity index (χ2v) is 11.8. The van der Waals surface area contributed by atoms with E-state index in [4.69, 9.17) is 9.72 Å². The van der Waals surface area contributed by atoms with E-state index < -0.39 is 5.82 Å². The van der Waals surface area contributed by atoms with E-state index in [-0.39, 0.29) is 23.0 Å². The lowest BCUT2D eigenvalue weighted by Gasteiger charge is -2.34. The van der Waals surface area contributed by atoms with E-state index in [2.05, 4.69) is 43.6 Å². The molecule has 2 bridgehead atoms. The molecule has 2 N–H and O–H groups in total. The van der Waals surface area contributed by atoms with Crippen LogP contribution >= 0.6 is 0 Å². The van der Waals surface area contributed by atoms with E-state index >= 15 is 4.39 Å². The fourth-order valence-corrected chi connectivity index (χ4v) is 6.34. The monoisotopic (exact) mass is 567 g/mol. The molecule has 5 heterocycles. The standard InChI is InChI=1S/C32H34FN7O2/c1-19(2)16-39-11-10-34-27(39)9-12-42-32-37-30-26(31(38-32)40-17-21-7-8-22(18-40)36-21)15-35-29(28(30)33)25-14-23(41)13-20-5-3-4-6-24(20)25/h3-6,10-11,13-15,19,21-22,36,41H,7-9,12,16-18H2,1-2H3/t21-,22+. The summed E-state index contributed by atoms with van der Waals surface area (Å²) in [6.45, 7) is 7.07. The van der Waals surface area contributed by atoms with E-state index in [9.17, 15) is 5.11 Å². The predicted octanol–water partition coefficient (Wildman–Crippen LogP) is 5.10. The summed E-state index contributed by atoms with van der Waals surface area (Å²) in [4.78, 5) is 20.7. The number of benzene rings is 2. The van der Waals surface area contributed by atoms with Crippen molar-refractivity contribution in [3.05, 3.63) is 66.6 Å². The Balaban J connectivity index is 1.28. The van der Waals surface area contributed by atoms with Gasteiger partial charge in [0.15, 0.2) is 5.82 Å². The highest BCUT2D eigenvalue weighted by Crippen LogP contribution is 2.37. The van der Waals surface area contributed by atoms with Crippen LogP contribution in [0.5, 0.6) is 11.8 Å². The number of imidazole rings is 1. The van der Waals surface area contributed by atoms with Crippen LogP contribution in [0.2, 0.25) is 0 Å². The summed E-state index contributed by atoms with van der Waals surface area (Å²) in [5.41, 5.74) is 0.783. The van der Waals surface area contributed by atoms with Gasteiger partial charge >= 0.3 is 6.01 Å². The summed E-state index contributed by atoms with van der Waals surface area (Å²) >= 11 is 0. The molecule has 2 aliphatic rings. The molecule has 0 saturated carbocycles. The van der Waals surface area contributed by atoms with E-state index in [0.29, 0.717) is 47.8 Å². The Hall–Kier alpha value is -4.31. The molecule has 0 unspecified atom stereocenters. The number of rotatable bonds is 8. The van der Waals surface area contributed by atoms with E-state index in [1.54, 1.807) is 24.5 Å². The Kier molecular flexibility index (Phi) is 6.85. The average molecular weight is 568 g/mol. The second-order valence-electron chi connectivity index (χ2n) is 11.8. The number of pyridine rings is 1. The minimum Gasteiger partial charge on any atom is -0.508 e. The number of aromatic nitrogens is 5. The first-order valence-electron chi connectivity index (χ1n) is 14.6. The van der Waals surface area contributed by atoms with Crippen molar-refractivity contribution in [3.63, 3.8) is 0 Å². The van der Waals surface area contributed by atoms with Crippen LogP contribution in [0.25, 0.3) is 32.9 Å². The number of anilines is 1. The van der Waals surface area contributed by atoms with Crippen molar-refractivity contribution in [2.24, 2.45) is 5.92 Å². The zero-order valence-electron chi connectivity index (χ0n) is 23.8. The first-order chi connectivity index (χ1) is 20.4. The number of halogens is 1. The molecule has 42 heavy (non-hydrogen) atoms. The molecule has 7 rings (SSSR count). The Labute approximate surface area is 243 Å². The predicted molar refractivity (Wildman–Crippen MR) is 160 cm³/mol. The van der Waals surface area contributed by atoms with Gasteiger partial charge in [-0.3, -0.25) is 4.98 Å². The van der Waals surface area contributed by atoms with Crippen LogP contribution in [0, 0.1) is 11.7 Å². The molecule has 3 aromatic heterocycles. The number of piperazine rings is 1. The topological polar surface area (TPSA) is 101 Å². The number of phenolic OH excluding ortho intramolecular Hbond substituents is 1. The van der Waals surface area contributed by atoms with Crippen molar-refractivity contribution in [1.82, 2.24) is 29.8 Å². The maximum absolute atomic E-state index is 16.5. The molecule has 0 aliphatic carbocycles. The molecule has 9 nitrogen and oxygen atoms in total. The Morgan fingerprint density at radius 2 is 1.88 bits per heavy atom. The zero-order chi connectivity index (χ0) is 28.8. The van der Waals surface area contributed by atoms with Crippen LogP contribution in [0.3, 0.4) is 0 Å². The fraction of sp³-hybridized carbons (Fsp3) is 0.375. The maximum Gasteiger partial charge on any atom is 0.319 e. The third-order valence-electron chi connectivity index (χ3n) is 8.18. The Morgan fingerprint density at radius 1 is 1.07 bits per heavy atom. The van der Waals surface area contributed by atoms with Gasteiger partial charge in [0.25, 0.3) is 0 Å². The lowest BCUT2D eigenvalue weighted by atomic mass is 10.0. The number of aromatic hydroxyl groups is 1. The summed E-state index contributed by atoms with van der Waals surface area (Å²) < 4.78 is 24.7. The molecule has 5 aromatic rings. The number of nitrogens with one attached hydrogen (secondary N) is 1. The van der Waals surface area contributed by atoms with Gasteiger partial charge in [0, 0.05) is 62.3 Å². The highest BCUT2D eigenvalue weighted by atomic mass is 19.1. The number of hydrogen-bond acceptors (Lipinski definition) is 8. The molecule has 2 fully saturated rings. The summed E-state index contributed by atoms with van der Waals surface area (Å²) in [5.74, 6) is 1.53. The number of phenols is 1. The van der Waals surface area contributed by atoms with Crippen LogP contribution in [0.15, 0.2) is 55.0 Å². The summed E-state index contributed by atoms with van der Waals surface area (Å²) in [7, 11) is 0. The molecule has 0 amide bonds. The quantitative estimate of drug-likeness (QED) is 0.267. The Morgan fingerprint density at radius 3 is 2.69 bits per heavy atom. The van der Waals surface area contributed by atoms with Gasteiger partial charge in [0.05, 0.1) is 12.0 Å². The van der Waals surface area contributed by atoms with Crippen molar-refractivity contribution in [1.29, 1.82) is 0 Å². The highest BCUT2D eigenvalue weighted by molar-refractivity contribution is 5.99. The minimum atomic E-state index is -0.567. The number of hydrogen-bond donors (Lipinski definition) is 2. The van der Waals surface area contributed by atoms with Crippen LogP contribution < -0.4 is 15.0 Å². The molecule has 216 valence electrons. The lowest BCUT2D eigenvalue weighted by Crippen LogP contribution is -2.51. The van der Waals surface area contributed by atoms with E-state index in [0.717, 1.165) is 49.1 Å². The molecule has 2 atom stereocenters. The van der Waals surface area contributed by atoms with Crippen LogP contribution in [0.4, 0.5) is 10.2 Å². The van der Waals surface area contributed by atoms with Gasteiger partial charge in [0.1, 0.15) is 28.6 Å². The third-order valence-corrected chi connectivity index (χ3v) is 8.18. The van der Waals surface area contributed by atoms with E-state index in [1.807, 2.05) is 30.5 Å². The van der Waals surface area contributed by atoms with Gasteiger partial charge in [-0.15, -0.1) is 0 Å². The van der Waals surface area contributed by atoms with Gasteiger partial charge < -0.3 is 24.6 Å². The fourth-order valence-electron chi connectivity index (χ4n) is 6.34. The van der Waals surface area contributed by atoms with Crippen molar-refractivity contribution < 1.29 is 14.2 Å². The van der Waals surface area contributed by atoms with Gasteiger partial charge in [-0.2, -0.15) is 9.97 Å². The van der Waals surface area contributed by atoms with Crippen LogP contribution in [-0.4, -0.2) is 61.4 Å². The van der Waals surface area contributed by atoms with Crippen LogP contribution in [-0.2, 0) is 13.0 Å². The third kappa shape index (κ3) is 5.00. The zero-order valence-corrected chi connectivity index (χ0v) is 23.8. The molecule has 2 aromatic carbocycles. The van der Waals surface area contributed by atoms with E-state index in [1.165, 1.54) is 0 Å². The average Bonchev–Trinajstić information content (AvgIpc) is 3.56. The molecule has 2 saturated heterocycles. The molecular weight excluding hydrogens is 533 g/mol. The van der Waals surface area contributed by atoms with Gasteiger partial charge in [-0.1, -0.05) is 38.1 Å². The van der Waals surface area contributed by atoms with Gasteiger partial charge in [0.2, 0.25) is 0 Å². The smallest absolute Gasteiger partial charge is 0.319 e. The first kappa shape index (κ1) is 26.6. The Bertz CT molecular complexity index is 1760. The summed E-state index contributed by atoms with van der Waals surface area (Å²) in [6, 6.07) is 11.6. The van der Waals surface area contributed by atoms with Crippen LogP contribution in [0.1, 0.15) is 32.5 Å². The lowest BCUT2D eigenvalue weighted by molar-refractivity contribution is 0.292. The highest BCUT2D eigenvalue weighted by Gasteiger charge is 2.34. The first-order valence-corrected chi connectivity index (χ1v) is 14.6. The summed E-state index contributed by atoms with van der Waals surface area (Å²) in [6.07, 6.45) is 8.23. The minimum absolute atomic E-state index is 0.0458. The van der Waals surface area contributed by atoms with Crippen molar-refractivity contribution in [2.75, 3.05) is 24.6 Å². The van der Waals surface area contributed by atoms with Gasteiger partial charge in [-0.25, -0.2) is 9.37 Å². The van der Waals surface area contributed by atoms with Crippen molar-refractivity contribution in [2.45, 2.75) is 51.7 Å².